The van der Waals surface area contributed by atoms with Crippen molar-refractivity contribution >= 4 is 12.4 Å². The minimum absolute atomic E-state index is 0. The van der Waals surface area contributed by atoms with Gasteiger partial charge in [0.25, 0.3) is 0 Å². The van der Waals surface area contributed by atoms with Crippen molar-refractivity contribution in [3.8, 4) is 0 Å². The van der Waals surface area contributed by atoms with Crippen molar-refractivity contribution in [1.82, 2.24) is 0 Å². The number of hydrogen-bond acceptors (Lipinski definition) is 2. The molecule has 3 N–H and O–H groups in total. The van der Waals surface area contributed by atoms with Crippen molar-refractivity contribution < 1.29 is 9.50 Å². The lowest BCUT2D eigenvalue weighted by Crippen LogP contribution is -2.37. The molecule has 74 valence electrons. The summed E-state index contributed by atoms with van der Waals surface area (Å²) >= 11 is 0. The standard InChI is InChI=1S/C9H12FNO.ClH/c1-9(11,6-12)7-4-2-3-5-8(7)10;/h2-5,12H,6,11H2,1H3;1H. The number of nitrogens with two attached hydrogens (primary N) is 1. The van der Waals surface area contributed by atoms with Gasteiger partial charge >= 0.3 is 0 Å². The van der Waals surface area contributed by atoms with Crippen LogP contribution in [0.3, 0.4) is 0 Å². The van der Waals surface area contributed by atoms with E-state index >= 15 is 0 Å². The second kappa shape index (κ2) is 4.56. The van der Waals surface area contributed by atoms with E-state index in [-0.39, 0.29) is 24.8 Å². The summed E-state index contributed by atoms with van der Waals surface area (Å²) in [5.41, 5.74) is 4.99. The molecule has 0 radical (unpaired) electrons. The van der Waals surface area contributed by atoms with Gasteiger partial charge in [-0.25, -0.2) is 4.39 Å². The highest BCUT2D eigenvalue weighted by molar-refractivity contribution is 5.85. The molecule has 0 amide bonds. The molecule has 0 aliphatic heterocycles. The number of aliphatic hydroxyl groups is 1. The molecule has 1 unspecified atom stereocenters. The van der Waals surface area contributed by atoms with Crippen molar-refractivity contribution in [2.75, 3.05) is 6.61 Å². The molecule has 1 rings (SSSR count). The van der Waals surface area contributed by atoms with Crippen LogP contribution in [-0.2, 0) is 5.54 Å². The first-order valence-corrected chi connectivity index (χ1v) is 3.72. The molecule has 0 aromatic heterocycles. The molecular formula is C9H13ClFNO. The number of rotatable bonds is 2. The third-order valence-electron chi connectivity index (χ3n) is 1.82. The summed E-state index contributed by atoms with van der Waals surface area (Å²) in [7, 11) is 0. The summed E-state index contributed by atoms with van der Waals surface area (Å²) in [5, 5.41) is 8.88. The van der Waals surface area contributed by atoms with E-state index < -0.39 is 5.54 Å². The smallest absolute Gasteiger partial charge is 0.128 e. The van der Waals surface area contributed by atoms with Crippen LogP contribution < -0.4 is 5.73 Å². The predicted octanol–water partition coefficient (Wildman–Crippen LogP) is 1.41. The molecule has 0 spiro atoms. The average Bonchev–Trinajstić information content (AvgIpc) is 2.05. The van der Waals surface area contributed by atoms with Crippen molar-refractivity contribution in [3.63, 3.8) is 0 Å². The highest BCUT2D eigenvalue weighted by atomic mass is 35.5. The first kappa shape index (κ1) is 12.4. The second-order valence-corrected chi connectivity index (χ2v) is 3.06. The third-order valence-corrected chi connectivity index (χ3v) is 1.82. The number of halogens is 2. The molecule has 2 nitrogen and oxygen atoms in total. The van der Waals surface area contributed by atoms with E-state index in [4.69, 9.17) is 10.8 Å². The van der Waals surface area contributed by atoms with Crippen molar-refractivity contribution in [2.24, 2.45) is 5.73 Å². The second-order valence-electron chi connectivity index (χ2n) is 3.06. The van der Waals surface area contributed by atoms with Crippen LogP contribution in [0.2, 0.25) is 0 Å². The van der Waals surface area contributed by atoms with Gasteiger partial charge in [-0.15, -0.1) is 12.4 Å². The molecule has 13 heavy (non-hydrogen) atoms. The molecule has 1 atom stereocenters. The van der Waals surface area contributed by atoms with Crippen LogP contribution in [0.1, 0.15) is 12.5 Å². The molecule has 0 saturated heterocycles. The summed E-state index contributed by atoms with van der Waals surface area (Å²) < 4.78 is 13.1. The van der Waals surface area contributed by atoms with Gasteiger partial charge in [0.05, 0.1) is 12.1 Å². The van der Waals surface area contributed by atoms with E-state index in [0.717, 1.165) is 0 Å². The number of hydrogen-bond donors (Lipinski definition) is 2. The van der Waals surface area contributed by atoms with Gasteiger partial charge in [-0.2, -0.15) is 0 Å². The van der Waals surface area contributed by atoms with E-state index in [2.05, 4.69) is 0 Å². The Kier molecular flexibility index (Phi) is 4.33. The zero-order valence-electron chi connectivity index (χ0n) is 7.33. The van der Waals surface area contributed by atoms with Crippen LogP contribution in [0, 0.1) is 5.82 Å². The maximum atomic E-state index is 13.1. The van der Waals surface area contributed by atoms with Gasteiger partial charge < -0.3 is 10.8 Å². The summed E-state index contributed by atoms with van der Waals surface area (Å²) in [4.78, 5) is 0. The Bertz CT molecular complexity index is 278. The van der Waals surface area contributed by atoms with E-state index in [9.17, 15) is 4.39 Å². The largest absolute Gasteiger partial charge is 0.394 e. The van der Waals surface area contributed by atoms with E-state index in [1.165, 1.54) is 6.07 Å². The highest BCUT2D eigenvalue weighted by Crippen LogP contribution is 2.19. The van der Waals surface area contributed by atoms with E-state index in [1.807, 2.05) is 0 Å². The lowest BCUT2D eigenvalue weighted by Gasteiger charge is -2.22. The fourth-order valence-corrected chi connectivity index (χ4v) is 1.01. The van der Waals surface area contributed by atoms with Crippen LogP contribution in [0.4, 0.5) is 4.39 Å². The van der Waals surface area contributed by atoms with Gasteiger partial charge in [-0.3, -0.25) is 0 Å². The normalized spacial score (nSPS) is 14.5. The van der Waals surface area contributed by atoms with Crippen LogP contribution >= 0.6 is 12.4 Å². The first-order valence-electron chi connectivity index (χ1n) is 3.72. The maximum Gasteiger partial charge on any atom is 0.128 e. The van der Waals surface area contributed by atoms with Crippen LogP contribution in [0.5, 0.6) is 0 Å². The van der Waals surface area contributed by atoms with Gasteiger partial charge in [0.2, 0.25) is 0 Å². The lowest BCUT2D eigenvalue weighted by molar-refractivity contribution is 0.206. The lowest BCUT2D eigenvalue weighted by atomic mass is 9.94. The molecule has 4 heteroatoms. The summed E-state index contributed by atoms with van der Waals surface area (Å²) in [6, 6.07) is 6.19. The molecule has 0 aliphatic rings. The first-order chi connectivity index (χ1) is 5.58. The summed E-state index contributed by atoms with van der Waals surface area (Å²) in [5.74, 6) is -0.378. The average molecular weight is 206 g/mol. The Labute approximate surface area is 83.0 Å². The predicted molar refractivity (Wildman–Crippen MR) is 52.3 cm³/mol. The Morgan fingerprint density at radius 3 is 2.46 bits per heavy atom. The number of aliphatic hydroxyl groups excluding tert-OH is 1. The Morgan fingerprint density at radius 1 is 1.46 bits per heavy atom. The van der Waals surface area contributed by atoms with Gasteiger partial charge in [0.15, 0.2) is 0 Å². The third kappa shape index (κ3) is 2.66. The Hall–Kier alpha value is -0.640. The van der Waals surface area contributed by atoms with Gasteiger partial charge in [-0.05, 0) is 13.0 Å². The van der Waals surface area contributed by atoms with Crippen molar-refractivity contribution in [3.05, 3.63) is 35.6 Å². The molecule has 0 heterocycles. The van der Waals surface area contributed by atoms with Gasteiger partial charge in [0.1, 0.15) is 5.82 Å². The molecule has 0 bridgehead atoms. The zero-order valence-corrected chi connectivity index (χ0v) is 8.14. The van der Waals surface area contributed by atoms with Crippen LogP contribution in [0.15, 0.2) is 24.3 Å². The van der Waals surface area contributed by atoms with E-state index in [0.29, 0.717) is 5.56 Å². The maximum absolute atomic E-state index is 13.1. The van der Waals surface area contributed by atoms with Gasteiger partial charge in [-0.1, -0.05) is 18.2 Å². The molecule has 0 fully saturated rings. The Morgan fingerprint density at radius 2 is 2.00 bits per heavy atom. The van der Waals surface area contributed by atoms with Crippen molar-refractivity contribution in [1.29, 1.82) is 0 Å². The molecular weight excluding hydrogens is 193 g/mol. The summed E-state index contributed by atoms with van der Waals surface area (Å²) in [6.45, 7) is 1.32. The fraction of sp³-hybridized carbons (Fsp3) is 0.333. The molecule has 1 aromatic rings. The molecule has 0 aliphatic carbocycles. The monoisotopic (exact) mass is 205 g/mol. The highest BCUT2D eigenvalue weighted by Gasteiger charge is 2.22. The van der Waals surface area contributed by atoms with Crippen molar-refractivity contribution in [2.45, 2.75) is 12.5 Å². The SMILES string of the molecule is CC(N)(CO)c1ccccc1F.Cl. The van der Waals surface area contributed by atoms with Crippen LogP contribution in [-0.4, -0.2) is 11.7 Å². The zero-order chi connectivity index (χ0) is 9.19. The quantitative estimate of drug-likeness (QED) is 0.767. The van der Waals surface area contributed by atoms with Gasteiger partial charge in [0, 0.05) is 5.56 Å². The minimum atomic E-state index is -0.995. The van der Waals surface area contributed by atoms with Crippen LogP contribution in [0.25, 0.3) is 0 Å². The number of benzene rings is 1. The fourth-order valence-electron chi connectivity index (χ4n) is 1.01. The summed E-state index contributed by atoms with van der Waals surface area (Å²) in [6.07, 6.45) is 0. The Balaban J connectivity index is 0.00000144. The topological polar surface area (TPSA) is 46.2 Å². The molecule has 1 aromatic carbocycles. The minimum Gasteiger partial charge on any atom is -0.394 e. The van der Waals surface area contributed by atoms with E-state index in [1.54, 1.807) is 25.1 Å². The molecule has 0 saturated carbocycles.